The summed E-state index contributed by atoms with van der Waals surface area (Å²) in [5, 5.41) is 10.8. The van der Waals surface area contributed by atoms with Crippen LogP contribution >= 0.6 is 0 Å². The van der Waals surface area contributed by atoms with Gasteiger partial charge < -0.3 is 5.11 Å². The zero-order valence-corrected chi connectivity index (χ0v) is 11.6. The van der Waals surface area contributed by atoms with Crippen molar-refractivity contribution in [2.24, 2.45) is 0 Å². The van der Waals surface area contributed by atoms with E-state index < -0.39 is 6.10 Å². The van der Waals surface area contributed by atoms with Crippen molar-refractivity contribution >= 4 is 0 Å². The van der Waals surface area contributed by atoms with E-state index in [1.807, 2.05) is 78.9 Å². The average Bonchev–Trinajstić information content (AvgIpc) is 2.58. The monoisotopic (exact) mass is 275 g/mol. The molecule has 0 saturated carbocycles. The Balaban J connectivity index is 2.05. The van der Waals surface area contributed by atoms with Crippen LogP contribution in [0.5, 0.6) is 0 Å². The molecule has 1 aromatic heterocycles. The third-order valence-corrected chi connectivity index (χ3v) is 3.62. The highest BCUT2D eigenvalue weighted by atomic mass is 16.3. The molecule has 1 heterocycles. The highest BCUT2D eigenvalue weighted by molar-refractivity contribution is 5.33. The van der Waals surface area contributed by atoms with Crippen molar-refractivity contribution in [2.75, 3.05) is 0 Å². The van der Waals surface area contributed by atoms with Crippen molar-refractivity contribution in [2.45, 2.75) is 12.0 Å². The van der Waals surface area contributed by atoms with Gasteiger partial charge in [0.2, 0.25) is 0 Å². The first-order valence-electron chi connectivity index (χ1n) is 7.05. The lowest BCUT2D eigenvalue weighted by atomic mass is 9.86. The Hall–Kier alpha value is -2.45. The quantitative estimate of drug-likeness (QED) is 0.782. The van der Waals surface area contributed by atoms with Gasteiger partial charge in [-0.25, -0.2) is 0 Å². The van der Waals surface area contributed by atoms with E-state index in [1.165, 1.54) is 0 Å². The van der Waals surface area contributed by atoms with Gasteiger partial charge in [0.05, 0.1) is 17.7 Å². The zero-order chi connectivity index (χ0) is 14.5. The van der Waals surface area contributed by atoms with E-state index in [0.29, 0.717) is 0 Å². The van der Waals surface area contributed by atoms with Crippen LogP contribution in [0.4, 0.5) is 0 Å². The summed E-state index contributed by atoms with van der Waals surface area (Å²) in [5.41, 5.74) is 2.84. The SMILES string of the molecule is O[C@H](c1ccccc1)[C@H](c1ccccc1)c1ccccn1. The van der Waals surface area contributed by atoms with Gasteiger partial charge in [-0.15, -0.1) is 0 Å². The molecule has 0 amide bonds. The predicted molar refractivity (Wildman–Crippen MR) is 83.9 cm³/mol. The minimum Gasteiger partial charge on any atom is -0.387 e. The maximum Gasteiger partial charge on any atom is 0.0914 e. The van der Waals surface area contributed by atoms with Gasteiger partial charge in [-0.1, -0.05) is 66.7 Å². The lowest BCUT2D eigenvalue weighted by Gasteiger charge is -2.23. The van der Waals surface area contributed by atoms with E-state index in [1.54, 1.807) is 6.20 Å². The highest BCUT2D eigenvalue weighted by Gasteiger charge is 2.25. The number of nitrogens with zero attached hydrogens (tertiary/aromatic N) is 1. The maximum atomic E-state index is 10.8. The van der Waals surface area contributed by atoms with E-state index in [4.69, 9.17) is 0 Å². The normalized spacial score (nSPS) is 13.6. The summed E-state index contributed by atoms with van der Waals surface area (Å²) in [6.45, 7) is 0. The molecule has 3 rings (SSSR count). The molecule has 0 saturated heterocycles. The number of pyridine rings is 1. The third-order valence-electron chi connectivity index (χ3n) is 3.62. The molecular formula is C19H17NO. The Kier molecular flexibility index (Phi) is 4.08. The van der Waals surface area contributed by atoms with Crippen LogP contribution in [0, 0.1) is 0 Å². The maximum absolute atomic E-state index is 10.8. The predicted octanol–water partition coefficient (Wildman–Crippen LogP) is 3.95. The second-order valence-corrected chi connectivity index (χ2v) is 5.00. The molecule has 21 heavy (non-hydrogen) atoms. The van der Waals surface area contributed by atoms with Crippen LogP contribution < -0.4 is 0 Å². The van der Waals surface area contributed by atoms with E-state index in [9.17, 15) is 5.11 Å². The van der Waals surface area contributed by atoms with Crippen LogP contribution in [0.3, 0.4) is 0 Å². The van der Waals surface area contributed by atoms with Crippen molar-refractivity contribution in [3.8, 4) is 0 Å². The standard InChI is InChI=1S/C19H17NO/c21-19(16-11-5-2-6-12-16)18(15-9-3-1-4-10-15)17-13-7-8-14-20-17/h1-14,18-19,21H/t18-,19-/m1/s1. The van der Waals surface area contributed by atoms with Gasteiger partial charge in [0.1, 0.15) is 0 Å². The first-order valence-corrected chi connectivity index (χ1v) is 7.05. The molecule has 0 fully saturated rings. The molecule has 0 aliphatic heterocycles. The van der Waals surface area contributed by atoms with Crippen molar-refractivity contribution in [3.05, 3.63) is 102 Å². The number of hydrogen-bond acceptors (Lipinski definition) is 2. The van der Waals surface area contributed by atoms with Crippen molar-refractivity contribution in [1.29, 1.82) is 0 Å². The molecule has 0 aliphatic rings. The lowest BCUT2D eigenvalue weighted by Crippen LogP contribution is -2.13. The summed E-state index contributed by atoms with van der Waals surface area (Å²) < 4.78 is 0. The van der Waals surface area contributed by atoms with Gasteiger partial charge in [-0.3, -0.25) is 4.98 Å². The van der Waals surface area contributed by atoms with Crippen LogP contribution in [-0.4, -0.2) is 10.1 Å². The van der Waals surface area contributed by atoms with Crippen LogP contribution in [-0.2, 0) is 0 Å². The van der Waals surface area contributed by atoms with E-state index in [-0.39, 0.29) is 5.92 Å². The van der Waals surface area contributed by atoms with Gasteiger partial charge in [0.25, 0.3) is 0 Å². The molecule has 0 spiro atoms. The summed E-state index contributed by atoms with van der Waals surface area (Å²) >= 11 is 0. The summed E-state index contributed by atoms with van der Waals surface area (Å²) in [6.07, 6.45) is 1.15. The Morgan fingerprint density at radius 1 is 0.667 bits per heavy atom. The second kappa shape index (κ2) is 6.33. The zero-order valence-electron chi connectivity index (χ0n) is 11.6. The van der Waals surface area contributed by atoms with Gasteiger partial charge in [-0.05, 0) is 23.3 Å². The van der Waals surface area contributed by atoms with E-state index in [0.717, 1.165) is 16.8 Å². The largest absolute Gasteiger partial charge is 0.387 e. The topological polar surface area (TPSA) is 33.1 Å². The Morgan fingerprint density at radius 3 is 1.81 bits per heavy atom. The number of aliphatic hydroxyl groups is 1. The van der Waals surface area contributed by atoms with Crippen molar-refractivity contribution in [1.82, 2.24) is 4.98 Å². The van der Waals surface area contributed by atoms with Crippen LogP contribution in [0.1, 0.15) is 28.8 Å². The minimum atomic E-state index is -0.622. The molecule has 2 heteroatoms. The highest BCUT2D eigenvalue weighted by Crippen LogP contribution is 2.35. The van der Waals surface area contributed by atoms with Gasteiger partial charge >= 0.3 is 0 Å². The first-order chi connectivity index (χ1) is 10.4. The first kappa shape index (κ1) is 13.5. The van der Waals surface area contributed by atoms with Crippen molar-refractivity contribution < 1.29 is 5.11 Å². The summed E-state index contributed by atoms with van der Waals surface area (Å²) in [5.74, 6) is -0.171. The number of benzene rings is 2. The molecule has 1 N–H and O–H groups in total. The van der Waals surface area contributed by atoms with Crippen molar-refractivity contribution in [3.63, 3.8) is 0 Å². The molecule has 3 aromatic rings. The smallest absolute Gasteiger partial charge is 0.0914 e. The van der Waals surface area contributed by atoms with E-state index in [2.05, 4.69) is 4.98 Å². The molecule has 104 valence electrons. The minimum absolute atomic E-state index is 0.171. The Morgan fingerprint density at radius 2 is 1.24 bits per heavy atom. The summed E-state index contributed by atoms with van der Waals surface area (Å²) in [7, 11) is 0. The number of rotatable bonds is 4. The fourth-order valence-corrected chi connectivity index (χ4v) is 2.58. The van der Waals surface area contributed by atoms with Crippen LogP contribution in [0.25, 0.3) is 0 Å². The lowest BCUT2D eigenvalue weighted by molar-refractivity contribution is 0.157. The summed E-state index contributed by atoms with van der Waals surface area (Å²) in [6, 6.07) is 25.6. The molecule has 0 radical (unpaired) electrons. The van der Waals surface area contributed by atoms with Gasteiger partial charge in [0.15, 0.2) is 0 Å². The fraction of sp³-hybridized carbons (Fsp3) is 0.105. The van der Waals surface area contributed by atoms with Crippen LogP contribution in [0.2, 0.25) is 0 Å². The molecule has 0 bridgehead atoms. The molecule has 0 unspecified atom stereocenters. The molecule has 2 atom stereocenters. The summed E-state index contributed by atoms with van der Waals surface area (Å²) in [4.78, 5) is 4.44. The van der Waals surface area contributed by atoms with Gasteiger partial charge in [-0.2, -0.15) is 0 Å². The fourth-order valence-electron chi connectivity index (χ4n) is 2.58. The van der Waals surface area contributed by atoms with Gasteiger partial charge in [0, 0.05) is 6.20 Å². The molecule has 0 aliphatic carbocycles. The number of aromatic nitrogens is 1. The Labute approximate surface area is 124 Å². The average molecular weight is 275 g/mol. The third kappa shape index (κ3) is 3.01. The number of aliphatic hydroxyl groups excluding tert-OH is 1. The molecule has 2 nitrogen and oxygen atoms in total. The molecule has 2 aromatic carbocycles. The van der Waals surface area contributed by atoms with Crippen LogP contribution in [0.15, 0.2) is 85.1 Å². The Bertz CT molecular complexity index is 628. The second-order valence-electron chi connectivity index (χ2n) is 5.00. The number of hydrogen-bond donors (Lipinski definition) is 1. The van der Waals surface area contributed by atoms with E-state index >= 15 is 0 Å². The molecular weight excluding hydrogens is 258 g/mol.